The molecule has 0 aliphatic carbocycles. The van der Waals surface area contributed by atoms with Crippen LogP contribution in [0.5, 0.6) is 0 Å². The molecule has 0 radical (unpaired) electrons. The molecule has 0 saturated carbocycles. The van der Waals surface area contributed by atoms with E-state index in [4.69, 9.17) is 11.6 Å². The molecule has 3 aromatic carbocycles. The van der Waals surface area contributed by atoms with Gasteiger partial charge in [0.25, 0.3) is 5.56 Å². The van der Waals surface area contributed by atoms with Crippen LogP contribution in [0.3, 0.4) is 0 Å². The maximum Gasteiger partial charge on any atom is 0.259 e. The number of nitrogens with one attached hydrogen (secondary N) is 1. The summed E-state index contributed by atoms with van der Waals surface area (Å²) >= 11 is 6.40. The Labute approximate surface area is 155 Å². The van der Waals surface area contributed by atoms with Crippen LogP contribution in [-0.2, 0) is 0 Å². The van der Waals surface area contributed by atoms with Gasteiger partial charge in [-0.15, -0.1) is 0 Å². The van der Waals surface area contributed by atoms with E-state index in [0.29, 0.717) is 21.8 Å². The summed E-state index contributed by atoms with van der Waals surface area (Å²) in [6.45, 7) is 0. The Morgan fingerprint density at radius 2 is 1.50 bits per heavy atom. The second kappa shape index (κ2) is 6.98. The van der Waals surface area contributed by atoms with Crippen LogP contribution in [-0.4, -0.2) is 9.97 Å². The normalized spacial score (nSPS) is 11.7. The predicted molar refractivity (Wildman–Crippen MR) is 108 cm³/mol. The number of para-hydroxylation sites is 1. The van der Waals surface area contributed by atoms with Gasteiger partial charge in [-0.3, -0.25) is 4.79 Å². The number of halogens is 1. The molecule has 4 rings (SSSR count). The number of aromatic nitrogens is 2. The van der Waals surface area contributed by atoms with Gasteiger partial charge in [-0.25, -0.2) is 4.98 Å². The van der Waals surface area contributed by atoms with E-state index in [1.807, 2.05) is 54.6 Å². The van der Waals surface area contributed by atoms with Crippen molar-refractivity contribution in [1.29, 1.82) is 0 Å². The van der Waals surface area contributed by atoms with E-state index in [0.717, 1.165) is 16.7 Å². The first kappa shape index (κ1) is 16.3. The minimum absolute atomic E-state index is 0.198. The molecule has 26 heavy (non-hydrogen) atoms. The van der Waals surface area contributed by atoms with Gasteiger partial charge < -0.3 is 4.98 Å². The number of benzene rings is 3. The lowest BCUT2D eigenvalue weighted by atomic mass is 10.0. The largest absolute Gasteiger partial charge is 0.305 e. The van der Waals surface area contributed by atoms with Crippen LogP contribution in [0.1, 0.15) is 11.4 Å². The van der Waals surface area contributed by atoms with E-state index >= 15 is 0 Å². The SMILES string of the molecule is O=c1[nH]c(/C(Cl)=C/c2ccc(-c3ccccc3)cc2)nc2ccccc12. The smallest absolute Gasteiger partial charge is 0.259 e. The topological polar surface area (TPSA) is 45.8 Å². The number of H-pyrrole nitrogens is 1. The highest BCUT2D eigenvalue weighted by molar-refractivity contribution is 6.50. The number of rotatable bonds is 3. The van der Waals surface area contributed by atoms with Gasteiger partial charge in [0.2, 0.25) is 0 Å². The maximum atomic E-state index is 12.2. The van der Waals surface area contributed by atoms with Gasteiger partial charge in [0, 0.05) is 0 Å². The second-order valence-corrected chi connectivity index (χ2v) is 6.32. The number of nitrogens with zero attached hydrogens (tertiary/aromatic N) is 1. The molecular formula is C22H15ClN2O. The summed E-state index contributed by atoms with van der Waals surface area (Å²) in [5, 5.41) is 0.938. The van der Waals surface area contributed by atoms with Crippen molar-refractivity contribution in [1.82, 2.24) is 9.97 Å². The molecule has 126 valence electrons. The lowest BCUT2D eigenvalue weighted by Crippen LogP contribution is -2.10. The Balaban J connectivity index is 1.67. The quantitative estimate of drug-likeness (QED) is 0.538. The van der Waals surface area contributed by atoms with Gasteiger partial charge >= 0.3 is 0 Å². The summed E-state index contributed by atoms with van der Waals surface area (Å²) in [6.07, 6.45) is 1.80. The average Bonchev–Trinajstić information content (AvgIpc) is 2.69. The fraction of sp³-hybridized carbons (Fsp3) is 0. The van der Waals surface area contributed by atoms with Crippen LogP contribution in [0.4, 0.5) is 0 Å². The van der Waals surface area contributed by atoms with Crippen LogP contribution in [0.25, 0.3) is 33.1 Å². The highest BCUT2D eigenvalue weighted by Gasteiger charge is 2.06. The molecule has 0 spiro atoms. The standard InChI is InChI=1S/C22H15ClN2O/c23-19(21-24-20-9-5-4-8-18(20)22(26)25-21)14-15-10-12-17(13-11-15)16-6-2-1-3-7-16/h1-14H,(H,24,25,26)/b19-14-. The molecule has 0 saturated heterocycles. The molecule has 3 nitrogen and oxygen atoms in total. The fourth-order valence-electron chi connectivity index (χ4n) is 2.82. The highest BCUT2D eigenvalue weighted by atomic mass is 35.5. The zero-order valence-corrected chi connectivity index (χ0v) is 14.6. The second-order valence-electron chi connectivity index (χ2n) is 5.91. The van der Waals surface area contributed by atoms with E-state index in [1.54, 1.807) is 18.2 Å². The van der Waals surface area contributed by atoms with Crippen molar-refractivity contribution < 1.29 is 0 Å². The van der Waals surface area contributed by atoms with Crippen molar-refractivity contribution in [3.63, 3.8) is 0 Å². The molecular weight excluding hydrogens is 344 g/mol. The first-order chi connectivity index (χ1) is 12.7. The first-order valence-corrected chi connectivity index (χ1v) is 8.61. The maximum absolute atomic E-state index is 12.2. The molecule has 0 fully saturated rings. The monoisotopic (exact) mass is 358 g/mol. The van der Waals surface area contributed by atoms with E-state index < -0.39 is 0 Å². The van der Waals surface area contributed by atoms with Crippen LogP contribution < -0.4 is 5.56 Å². The summed E-state index contributed by atoms with van der Waals surface area (Å²) in [6, 6.07) is 25.4. The van der Waals surface area contributed by atoms with Gasteiger partial charge in [-0.2, -0.15) is 0 Å². The molecule has 0 amide bonds. The van der Waals surface area contributed by atoms with Crippen molar-refractivity contribution in [3.8, 4) is 11.1 Å². The molecule has 0 aliphatic rings. The Hall–Kier alpha value is -3.17. The van der Waals surface area contributed by atoms with Crippen molar-refractivity contribution in [2.24, 2.45) is 0 Å². The van der Waals surface area contributed by atoms with Gasteiger partial charge in [-0.05, 0) is 34.9 Å². The molecule has 1 N–H and O–H groups in total. The zero-order valence-electron chi connectivity index (χ0n) is 13.8. The lowest BCUT2D eigenvalue weighted by molar-refractivity contribution is 1.14. The van der Waals surface area contributed by atoms with Gasteiger partial charge in [-0.1, -0.05) is 78.3 Å². The predicted octanol–water partition coefficient (Wildman–Crippen LogP) is 5.33. The van der Waals surface area contributed by atoms with Crippen LogP contribution in [0.2, 0.25) is 0 Å². The lowest BCUT2D eigenvalue weighted by Gasteiger charge is -2.04. The summed E-state index contributed by atoms with van der Waals surface area (Å²) in [7, 11) is 0. The number of fused-ring (bicyclic) bond motifs is 1. The molecule has 0 unspecified atom stereocenters. The third kappa shape index (κ3) is 3.30. The molecule has 0 aliphatic heterocycles. The molecule has 1 heterocycles. The molecule has 4 aromatic rings. The van der Waals surface area contributed by atoms with Crippen molar-refractivity contribution in [2.45, 2.75) is 0 Å². The Morgan fingerprint density at radius 3 is 2.27 bits per heavy atom. The van der Waals surface area contributed by atoms with Crippen LogP contribution in [0.15, 0.2) is 83.7 Å². The Morgan fingerprint density at radius 1 is 0.846 bits per heavy atom. The van der Waals surface area contributed by atoms with Crippen LogP contribution in [0, 0.1) is 0 Å². The van der Waals surface area contributed by atoms with Gasteiger partial charge in [0.05, 0.1) is 15.9 Å². The van der Waals surface area contributed by atoms with E-state index in [1.165, 1.54) is 0 Å². The number of hydrogen-bond donors (Lipinski definition) is 1. The summed E-state index contributed by atoms with van der Waals surface area (Å²) in [4.78, 5) is 19.4. The van der Waals surface area contributed by atoms with Crippen LogP contribution >= 0.6 is 11.6 Å². The zero-order chi connectivity index (χ0) is 17.9. The van der Waals surface area contributed by atoms with Crippen molar-refractivity contribution >= 4 is 33.6 Å². The van der Waals surface area contributed by atoms with E-state index in [2.05, 4.69) is 22.1 Å². The molecule has 0 atom stereocenters. The number of aromatic amines is 1. The van der Waals surface area contributed by atoms with Gasteiger partial charge in [0.15, 0.2) is 5.82 Å². The van der Waals surface area contributed by atoms with Gasteiger partial charge in [0.1, 0.15) is 0 Å². The molecule has 1 aromatic heterocycles. The van der Waals surface area contributed by atoms with Crippen molar-refractivity contribution in [2.75, 3.05) is 0 Å². The fourth-order valence-corrected chi connectivity index (χ4v) is 3.03. The third-order valence-electron chi connectivity index (χ3n) is 4.15. The Kier molecular flexibility index (Phi) is 4.38. The third-order valence-corrected chi connectivity index (χ3v) is 4.44. The minimum atomic E-state index is -0.198. The summed E-state index contributed by atoms with van der Waals surface area (Å²) in [5.41, 5.74) is 3.66. The summed E-state index contributed by atoms with van der Waals surface area (Å²) < 4.78 is 0. The average molecular weight is 359 g/mol. The Bertz CT molecular complexity index is 1150. The van der Waals surface area contributed by atoms with E-state index in [-0.39, 0.29) is 5.56 Å². The first-order valence-electron chi connectivity index (χ1n) is 8.23. The highest BCUT2D eigenvalue weighted by Crippen LogP contribution is 2.23. The minimum Gasteiger partial charge on any atom is -0.305 e. The van der Waals surface area contributed by atoms with E-state index in [9.17, 15) is 4.79 Å². The molecule has 4 heteroatoms. The molecule has 0 bridgehead atoms. The number of hydrogen-bond acceptors (Lipinski definition) is 2. The summed E-state index contributed by atoms with van der Waals surface area (Å²) in [5.74, 6) is 0.363. The van der Waals surface area contributed by atoms with Crippen molar-refractivity contribution in [3.05, 3.63) is 101 Å².